The van der Waals surface area contributed by atoms with Gasteiger partial charge in [-0.1, -0.05) is 30.1 Å². The lowest BCUT2D eigenvalue weighted by Crippen LogP contribution is -2.66. The van der Waals surface area contributed by atoms with Gasteiger partial charge in [0.25, 0.3) is 12.2 Å². The minimum atomic E-state index is -1.43. The van der Waals surface area contributed by atoms with Crippen molar-refractivity contribution in [2.75, 3.05) is 18.1 Å². The van der Waals surface area contributed by atoms with Gasteiger partial charge in [0.15, 0.2) is 17.9 Å². The fourth-order valence-electron chi connectivity index (χ4n) is 4.54. The zero-order valence-corrected chi connectivity index (χ0v) is 23.4. The molecule has 218 valence electrons. The Morgan fingerprint density at radius 3 is 2.30 bits per heavy atom. The van der Waals surface area contributed by atoms with Crippen LogP contribution in [0.1, 0.15) is 58.6 Å². The molecule has 2 aliphatic heterocycles. The van der Waals surface area contributed by atoms with E-state index < -0.39 is 54.5 Å². The second-order valence-electron chi connectivity index (χ2n) is 9.60. The van der Waals surface area contributed by atoms with Gasteiger partial charge >= 0.3 is 17.9 Å². The number of fused-ring (bicyclic) bond motifs is 1. The van der Waals surface area contributed by atoms with E-state index in [1.54, 1.807) is 4.90 Å². The van der Waals surface area contributed by atoms with Crippen LogP contribution in [0, 0.1) is 6.92 Å². The Bertz CT molecular complexity index is 1180. The van der Waals surface area contributed by atoms with Crippen molar-refractivity contribution in [1.29, 1.82) is 0 Å². The van der Waals surface area contributed by atoms with E-state index >= 15 is 0 Å². The molecular weight excluding hydrogens is 526 g/mol. The molecule has 2 amide bonds. The molecule has 13 heteroatoms. The quantitative estimate of drug-likeness (QED) is 0.252. The highest BCUT2D eigenvalue weighted by atomic mass is 16.8. The summed E-state index contributed by atoms with van der Waals surface area (Å²) in [6, 6.07) is 4.34. The Morgan fingerprint density at radius 2 is 1.70 bits per heavy atom. The molecule has 3 rings (SSSR count). The summed E-state index contributed by atoms with van der Waals surface area (Å²) >= 11 is 0. The number of hydrogen-bond donors (Lipinski definition) is 1. The number of unbranched alkanes of at least 4 members (excludes halogenated alkanes) is 1. The molecule has 0 saturated carbocycles. The zero-order valence-electron chi connectivity index (χ0n) is 23.4. The topological polar surface area (TPSA) is 159 Å². The lowest BCUT2D eigenvalue weighted by molar-refractivity contribution is -0.278. The SMILES string of the molecule is CCCCN1C(=O)/C(=N/O[C@@H]2O[C@H](COC(C)=O)[C@H](OC(C)=O)[C@@H](OC(C)=O)[C@@H]2NC(C)=O)c2cc(C)ccc21. The Hall–Kier alpha value is -4.00. The van der Waals surface area contributed by atoms with Crippen LogP contribution in [0.4, 0.5) is 5.69 Å². The summed E-state index contributed by atoms with van der Waals surface area (Å²) in [6.07, 6.45) is -3.51. The molecule has 0 aromatic heterocycles. The number of nitrogens with zero attached hydrogens (tertiary/aromatic N) is 2. The zero-order chi connectivity index (χ0) is 29.6. The number of nitrogens with one attached hydrogen (secondary N) is 1. The molecule has 1 aromatic rings. The Morgan fingerprint density at radius 1 is 1.02 bits per heavy atom. The third-order valence-electron chi connectivity index (χ3n) is 6.20. The summed E-state index contributed by atoms with van der Waals surface area (Å²) in [7, 11) is 0. The van der Waals surface area contributed by atoms with Crippen molar-refractivity contribution in [2.45, 2.75) is 85.0 Å². The second kappa shape index (κ2) is 13.4. The average Bonchev–Trinajstić information content (AvgIpc) is 3.11. The largest absolute Gasteiger partial charge is 0.463 e. The van der Waals surface area contributed by atoms with E-state index in [0.717, 1.165) is 32.3 Å². The van der Waals surface area contributed by atoms with Crippen molar-refractivity contribution in [3.63, 3.8) is 0 Å². The standard InChI is InChI=1S/C27H35N3O10/c1-7-8-11-30-20-10-9-14(2)12-19(20)22(26(30)35)29-40-27-23(28-15(3)31)25(38-18(6)34)24(37-17(5)33)21(39-27)13-36-16(4)32/h9-10,12,21,23-25,27H,7-8,11,13H2,1-6H3,(H,28,31)/b29-22+/t21-,23+,24+,25+,27+/m1/s1. The summed E-state index contributed by atoms with van der Waals surface area (Å²) in [5.41, 5.74) is 2.19. The first-order valence-corrected chi connectivity index (χ1v) is 13.0. The van der Waals surface area contributed by atoms with E-state index in [1.165, 1.54) is 13.8 Å². The second-order valence-corrected chi connectivity index (χ2v) is 9.60. The minimum Gasteiger partial charge on any atom is -0.463 e. The number of ether oxygens (including phenoxy) is 4. The first kappa shape index (κ1) is 30.5. The van der Waals surface area contributed by atoms with Crippen molar-refractivity contribution >= 4 is 41.1 Å². The van der Waals surface area contributed by atoms with Crippen molar-refractivity contribution in [2.24, 2.45) is 5.16 Å². The number of esters is 3. The Kier molecular flexibility index (Phi) is 10.2. The van der Waals surface area contributed by atoms with Crippen LogP contribution in [0.15, 0.2) is 23.4 Å². The summed E-state index contributed by atoms with van der Waals surface area (Å²) in [5.74, 6) is -3.00. The van der Waals surface area contributed by atoms with Gasteiger partial charge in [-0.05, 0) is 25.5 Å². The molecule has 13 nitrogen and oxygen atoms in total. The molecule has 1 N–H and O–H groups in total. The van der Waals surface area contributed by atoms with Crippen LogP contribution in [0.5, 0.6) is 0 Å². The molecule has 1 fully saturated rings. The first-order chi connectivity index (χ1) is 18.9. The van der Waals surface area contributed by atoms with E-state index in [4.69, 9.17) is 23.8 Å². The normalized spacial score (nSPS) is 24.8. The summed E-state index contributed by atoms with van der Waals surface area (Å²) in [6.45, 7) is 8.70. The number of carbonyl (C=O) groups is 5. The van der Waals surface area contributed by atoms with Gasteiger partial charge in [0.1, 0.15) is 18.8 Å². The number of carbonyl (C=O) groups excluding carboxylic acids is 5. The highest BCUT2D eigenvalue weighted by Crippen LogP contribution is 2.32. The van der Waals surface area contributed by atoms with E-state index in [2.05, 4.69) is 10.5 Å². The van der Waals surface area contributed by atoms with Crippen LogP contribution in [-0.4, -0.2) is 79.2 Å². The molecule has 0 unspecified atom stereocenters. The molecule has 0 spiro atoms. The highest BCUT2D eigenvalue weighted by molar-refractivity contribution is 6.54. The average molecular weight is 562 g/mol. The fraction of sp³-hybridized carbons (Fsp3) is 0.556. The molecular formula is C27H35N3O10. The van der Waals surface area contributed by atoms with E-state index in [-0.39, 0.29) is 18.2 Å². The molecule has 0 bridgehead atoms. The van der Waals surface area contributed by atoms with Crippen LogP contribution < -0.4 is 10.2 Å². The number of anilines is 1. The molecule has 2 aliphatic rings. The molecule has 1 saturated heterocycles. The lowest BCUT2D eigenvalue weighted by Gasteiger charge is -2.43. The number of oxime groups is 1. The van der Waals surface area contributed by atoms with Gasteiger partial charge < -0.3 is 34.0 Å². The maximum absolute atomic E-state index is 13.4. The van der Waals surface area contributed by atoms with Crippen molar-refractivity contribution < 1.29 is 47.8 Å². The molecule has 0 radical (unpaired) electrons. The minimum absolute atomic E-state index is 0.0302. The van der Waals surface area contributed by atoms with Crippen LogP contribution >= 0.6 is 0 Å². The highest BCUT2D eigenvalue weighted by Gasteiger charge is 2.52. The predicted octanol–water partition coefficient (Wildman–Crippen LogP) is 1.52. The summed E-state index contributed by atoms with van der Waals surface area (Å²) in [4.78, 5) is 68.3. The van der Waals surface area contributed by atoms with Crippen LogP contribution in [0.3, 0.4) is 0 Å². The van der Waals surface area contributed by atoms with Gasteiger partial charge in [-0.15, -0.1) is 0 Å². The summed E-state index contributed by atoms with van der Waals surface area (Å²) < 4.78 is 21.9. The Labute approximate surface area is 232 Å². The third kappa shape index (κ3) is 7.34. The smallest absolute Gasteiger partial charge is 0.303 e. The summed E-state index contributed by atoms with van der Waals surface area (Å²) in [5, 5.41) is 6.75. The van der Waals surface area contributed by atoms with Gasteiger partial charge in [0.05, 0.1) is 5.69 Å². The van der Waals surface area contributed by atoms with Crippen molar-refractivity contribution in [3.8, 4) is 0 Å². The maximum atomic E-state index is 13.4. The molecule has 40 heavy (non-hydrogen) atoms. The van der Waals surface area contributed by atoms with E-state index in [9.17, 15) is 24.0 Å². The third-order valence-corrected chi connectivity index (χ3v) is 6.20. The maximum Gasteiger partial charge on any atom is 0.303 e. The predicted molar refractivity (Wildman–Crippen MR) is 140 cm³/mol. The van der Waals surface area contributed by atoms with Crippen LogP contribution in [-0.2, 0) is 47.8 Å². The van der Waals surface area contributed by atoms with Crippen LogP contribution in [0.25, 0.3) is 0 Å². The van der Waals surface area contributed by atoms with Crippen molar-refractivity contribution in [1.82, 2.24) is 5.32 Å². The number of aryl methyl sites for hydroxylation is 1. The van der Waals surface area contributed by atoms with Gasteiger partial charge in [0.2, 0.25) is 5.91 Å². The van der Waals surface area contributed by atoms with Gasteiger partial charge in [-0.3, -0.25) is 24.0 Å². The molecule has 2 heterocycles. The number of hydrogen-bond acceptors (Lipinski definition) is 11. The fourth-order valence-corrected chi connectivity index (χ4v) is 4.54. The van der Waals surface area contributed by atoms with Crippen molar-refractivity contribution in [3.05, 3.63) is 29.3 Å². The number of amides is 2. The molecule has 1 aromatic carbocycles. The Balaban J connectivity index is 2.02. The number of benzene rings is 1. The van der Waals surface area contributed by atoms with E-state index in [0.29, 0.717) is 17.8 Å². The first-order valence-electron chi connectivity index (χ1n) is 13.0. The van der Waals surface area contributed by atoms with Gasteiger partial charge in [-0.25, -0.2) is 0 Å². The van der Waals surface area contributed by atoms with Gasteiger partial charge in [0, 0.05) is 39.8 Å². The van der Waals surface area contributed by atoms with E-state index in [1.807, 2.05) is 32.0 Å². The van der Waals surface area contributed by atoms with Crippen LogP contribution in [0.2, 0.25) is 0 Å². The van der Waals surface area contributed by atoms with Gasteiger partial charge in [-0.2, -0.15) is 0 Å². The molecule has 0 aliphatic carbocycles. The number of rotatable bonds is 10. The molecule has 5 atom stereocenters. The lowest BCUT2D eigenvalue weighted by atomic mass is 9.96. The monoisotopic (exact) mass is 561 g/mol.